The molecule has 1 aromatic carbocycles. The van der Waals surface area contributed by atoms with Crippen LogP contribution in [0.4, 0.5) is 0 Å². The lowest BCUT2D eigenvalue weighted by molar-refractivity contribution is -0.138. The highest BCUT2D eigenvalue weighted by Crippen LogP contribution is 2.26. The highest BCUT2D eigenvalue weighted by molar-refractivity contribution is 8.32. The Kier molecular flexibility index (Phi) is 6.53. The summed E-state index contributed by atoms with van der Waals surface area (Å²) in [6.45, 7) is 9.91. The molecule has 0 saturated carbocycles. The molecule has 5 nitrogen and oxygen atoms in total. The maximum absolute atomic E-state index is 13.4. The monoisotopic (exact) mass is 440 g/mol. The number of ether oxygens (including phenoxy) is 1. The van der Waals surface area contributed by atoms with Gasteiger partial charge < -0.3 is 4.74 Å². The molecule has 0 fully saturated rings. The zero-order valence-electron chi connectivity index (χ0n) is 17.3. The summed E-state index contributed by atoms with van der Waals surface area (Å²) in [7, 11) is -2.88. The van der Waals surface area contributed by atoms with Crippen molar-refractivity contribution in [2.75, 3.05) is 6.61 Å². The number of hydrogen-bond acceptors (Lipinski definition) is 5. The SMILES string of the molecule is C=C(/C=C\c1c(C)ccn1S(=O)(=S)c1ccccc1)C1=NC(C)=C(C(=O)OCC)C1. The molecule has 30 heavy (non-hydrogen) atoms. The fourth-order valence-electron chi connectivity index (χ4n) is 3.14. The lowest BCUT2D eigenvalue weighted by atomic mass is 10.0. The van der Waals surface area contributed by atoms with Crippen LogP contribution in [0.2, 0.25) is 0 Å². The average Bonchev–Trinajstić information content (AvgIpc) is 3.30. The van der Waals surface area contributed by atoms with E-state index in [0.717, 1.165) is 11.3 Å². The Balaban J connectivity index is 1.83. The molecule has 7 heteroatoms. The molecule has 0 N–H and O–H groups in total. The van der Waals surface area contributed by atoms with Gasteiger partial charge in [-0.2, -0.15) is 0 Å². The van der Waals surface area contributed by atoms with Crippen molar-refractivity contribution in [3.63, 3.8) is 0 Å². The number of esters is 1. The van der Waals surface area contributed by atoms with Crippen LogP contribution < -0.4 is 0 Å². The van der Waals surface area contributed by atoms with Crippen LogP contribution in [0.5, 0.6) is 0 Å². The van der Waals surface area contributed by atoms with Gasteiger partial charge in [0, 0.05) is 29.5 Å². The minimum Gasteiger partial charge on any atom is -0.463 e. The van der Waals surface area contributed by atoms with Crippen molar-refractivity contribution in [2.45, 2.75) is 32.1 Å². The molecule has 1 aliphatic rings. The van der Waals surface area contributed by atoms with Crippen LogP contribution in [0.1, 0.15) is 31.5 Å². The lowest BCUT2D eigenvalue weighted by Crippen LogP contribution is -2.12. The Morgan fingerprint density at radius 2 is 2.00 bits per heavy atom. The summed E-state index contributed by atoms with van der Waals surface area (Å²) in [5.41, 5.74) is 4.28. The van der Waals surface area contributed by atoms with Gasteiger partial charge in [-0.15, -0.1) is 0 Å². The molecule has 1 aromatic heterocycles. The van der Waals surface area contributed by atoms with Gasteiger partial charge in [-0.05, 0) is 56.2 Å². The molecular formula is C23H24N2O3S2. The molecule has 2 heterocycles. The summed E-state index contributed by atoms with van der Waals surface area (Å²) >= 11 is 5.50. The van der Waals surface area contributed by atoms with Crippen molar-refractivity contribution in [2.24, 2.45) is 4.99 Å². The van der Waals surface area contributed by atoms with Gasteiger partial charge in [-0.1, -0.05) is 30.9 Å². The molecule has 1 atom stereocenters. The van der Waals surface area contributed by atoms with Gasteiger partial charge in [0.15, 0.2) is 0 Å². The minimum atomic E-state index is -2.88. The first-order valence-corrected chi connectivity index (χ1v) is 12.0. The topological polar surface area (TPSA) is 60.7 Å². The number of aliphatic imine (C=N–C) groups is 1. The first-order chi connectivity index (χ1) is 14.3. The van der Waals surface area contributed by atoms with Gasteiger partial charge in [0.25, 0.3) is 0 Å². The largest absolute Gasteiger partial charge is 0.463 e. The van der Waals surface area contributed by atoms with Crippen molar-refractivity contribution in [1.82, 2.24) is 3.97 Å². The number of rotatable bonds is 7. The second-order valence-corrected chi connectivity index (χ2v) is 10.0. The van der Waals surface area contributed by atoms with Crippen molar-refractivity contribution in [3.05, 3.63) is 83.4 Å². The smallest absolute Gasteiger partial charge is 0.336 e. The zero-order chi connectivity index (χ0) is 21.9. The van der Waals surface area contributed by atoms with E-state index in [1.54, 1.807) is 36.1 Å². The molecule has 2 aromatic rings. The Hall–Kier alpha value is -2.77. The van der Waals surface area contributed by atoms with Crippen LogP contribution in [0.25, 0.3) is 6.08 Å². The van der Waals surface area contributed by atoms with Gasteiger partial charge in [0.05, 0.1) is 28.5 Å². The van der Waals surface area contributed by atoms with E-state index in [-0.39, 0.29) is 5.97 Å². The number of nitrogens with zero attached hydrogens (tertiary/aromatic N) is 2. The van der Waals surface area contributed by atoms with Gasteiger partial charge in [0.2, 0.25) is 0 Å². The summed E-state index contributed by atoms with van der Waals surface area (Å²) in [4.78, 5) is 17.1. The van der Waals surface area contributed by atoms with E-state index in [9.17, 15) is 9.00 Å². The van der Waals surface area contributed by atoms with Gasteiger partial charge in [-0.25, -0.2) is 9.00 Å². The molecule has 1 aliphatic heterocycles. The van der Waals surface area contributed by atoms with Crippen LogP contribution in [0.3, 0.4) is 0 Å². The summed E-state index contributed by atoms with van der Waals surface area (Å²) in [5, 5.41) is 0. The average molecular weight is 441 g/mol. The normalized spacial score (nSPS) is 15.9. The summed E-state index contributed by atoms with van der Waals surface area (Å²) in [5.74, 6) is -0.344. The third-order valence-electron chi connectivity index (χ3n) is 4.82. The molecular weight excluding hydrogens is 416 g/mol. The van der Waals surface area contributed by atoms with E-state index in [1.807, 2.05) is 43.3 Å². The first-order valence-electron chi connectivity index (χ1n) is 9.56. The minimum absolute atomic E-state index is 0.323. The quantitative estimate of drug-likeness (QED) is 0.466. The van der Waals surface area contributed by atoms with E-state index in [1.165, 1.54) is 0 Å². The number of hydrogen-bond donors (Lipinski definition) is 0. The zero-order valence-corrected chi connectivity index (χ0v) is 18.9. The van der Waals surface area contributed by atoms with E-state index in [4.69, 9.17) is 15.9 Å². The van der Waals surface area contributed by atoms with E-state index < -0.39 is 8.68 Å². The summed E-state index contributed by atoms with van der Waals surface area (Å²) < 4.78 is 20.1. The maximum Gasteiger partial charge on any atom is 0.336 e. The van der Waals surface area contributed by atoms with Gasteiger partial charge in [0.1, 0.15) is 8.68 Å². The molecule has 0 saturated heterocycles. The standard InChI is InChI=1S/C23H24N2O3S2/c1-5-28-23(26)20-15-21(24-18(20)4)16(2)11-12-22-17(3)13-14-25(22)30(27,29)19-9-7-6-8-10-19/h6-14H,2,5,15H2,1,3-4H3/b12-11-. The van der Waals surface area contributed by atoms with Crippen molar-refractivity contribution < 1.29 is 13.7 Å². The molecule has 156 valence electrons. The van der Waals surface area contributed by atoms with E-state index >= 15 is 0 Å². The van der Waals surface area contributed by atoms with Crippen molar-refractivity contribution in [1.29, 1.82) is 0 Å². The van der Waals surface area contributed by atoms with Crippen molar-refractivity contribution in [3.8, 4) is 0 Å². The van der Waals surface area contributed by atoms with Crippen molar-refractivity contribution >= 4 is 37.6 Å². The molecule has 0 bridgehead atoms. The van der Waals surface area contributed by atoms with Crippen LogP contribution in [-0.2, 0) is 29.4 Å². The van der Waals surface area contributed by atoms with E-state index in [2.05, 4.69) is 11.6 Å². The lowest BCUT2D eigenvalue weighted by Gasteiger charge is -2.12. The number of benzene rings is 1. The third-order valence-corrected chi connectivity index (χ3v) is 7.58. The fraction of sp³-hybridized carbons (Fsp3) is 0.217. The number of carbonyl (C=O) groups is 1. The van der Waals surface area contributed by atoms with Crippen LogP contribution in [0, 0.1) is 6.92 Å². The summed E-state index contributed by atoms with van der Waals surface area (Å²) in [6, 6.07) is 10.9. The number of aryl methyl sites for hydroxylation is 1. The fourth-order valence-corrected chi connectivity index (χ4v) is 5.28. The van der Waals surface area contributed by atoms with E-state index in [0.29, 0.717) is 40.5 Å². The Bertz CT molecular complexity index is 1180. The first kappa shape index (κ1) is 21.9. The van der Waals surface area contributed by atoms with Crippen LogP contribution in [-0.4, -0.2) is 26.5 Å². The molecule has 3 rings (SSSR count). The summed E-state index contributed by atoms with van der Waals surface area (Å²) in [6.07, 6.45) is 5.79. The molecule has 0 spiro atoms. The Labute approximate surface area is 182 Å². The Morgan fingerprint density at radius 3 is 2.67 bits per heavy atom. The number of allylic oxidation sites excluding steroid dienone is 3. The number of aromatic nitrogens is 1. The molecule has 0 aliphatic carbocycles. The van der Waals surface area contributed by atoms with Gasteiger partial charge >= 0.3 is 5.97 Å². The van der Waals surface area contributed by atoms with Crippen LogP contribution >= 0.6 is 0 Å². The van der Waals surface area contributed by atoms with Gasteiger partial charge in [-0.3, -0.25) is 8.96 Å². The third kappa shape index (κ3) is 4.37. The maximum atomic E-state index is 13.4. The predicted molar refractivity (Wildman–Crippen MR) is 124 cm³/mol. The molecule has 0 radical (unpaired) electrons. The van der Waals surface area contributed by atoms with Crippen LogP contribution in [0.15, 0.2) is 82.0 Å². The highest BCUT2D eigenvalue weighted by atomic mass is 32.8. The Morgan fingerprint density at radius 1 is 1.30 bits per heavy atom. The number of carbonyl (C=O) groups excluding carboxylic acids is 1. The molecule has 1 unspecified atom stereocenters. The molecule has 0 amide bonds. The second kappa shape index (κ2) is 8.93. The second-order valence-electron chi connectivity index (χ2n) is 6.88. The predicted octanol–water partition coefficient (Wildman–Crippen LogP) is 4.62. The highest BCUT2D eigenvalue weighted by Gasteiger charge is 2.23.